The highest BCUT2D eigenvalue weighted by Crippen LogP contribution is 2.47. The fourth-order valence-corrected chi connectivity index (χ4v) is 5.13. The van der Waals surface area contributed by atoms with E-state index in [4.69, 9.17) is 9.47 Å². The molecule has 0 radical (unpaired) electrons. The molecule has 5 rings (SSSR count). The minimum absolute atomic E-state index is 0.104. The Morgan fingerprint density at radius 1 is 1.08 bits per heavy atom. The summed E-state index contributed by atoms with van der Waals surface area (Å²) in [5, 5.41) is 2.89. The van der Waals surface area contributed by atoms with E-state index < -0.39 is 0 Å². The van der Waals surface area contributed by atoms with Crippen LogP contribution in [0, 0.1) is 12.8 Å². The van der Waals surface area contributed by atoms with Crippen molar-refractivity contribution in [3.8, 4) is 11.5 Å². The summed E-state index contributed by atoms with van der Waals surface area (Å²) in [5.74, 6) is 1.74. The third-order valence-corrected chi connectivity index (χ3v) is 7.05. The summed E-state index contributed by atoms with van der Waals surface area (Å²) in [4.78, 5) is 13.9. The van der Waals surface area contributed by atoms with Gasteiger partial charge in [0, 0.05) is 49.3 Å². The van der Waals surface area contributed by atoms with Crippen LogP contribution in [0.3, 0.4) is 0 Å². The molecule has 0 unspecified atom stereocenters. The number of benzene rings is 3. The van der Waals surface area contributed by atoms with Gasteiger partial charge in [0.25, 0.3) is 0 Å². The molecule has 2 aliphatic heterocycles. The molecule has 3 aromatic carbocycles. The Hall–Kier alpha value is -3.64. The maximum atomic E-state index is 12.6. The van der Waals surface area contributed by atoms with Crippen LogP contribution in [-0.2, 0) is 4.79 Å². The third kappa shape index (κ3) is 5.54. The fraction of sp³-hybridized carbons (Fsp3) is 0.323. The number of carbonyl (C=O) groups excluding carboxylic acids is 1. The van der Waals surface area contributed by atoms with Crippen LogP contribution in [0.5, 0.6) is 11.5 Å². The third-order valence-electron chi connectivity index (χ3n) is 7.05. The SMILES string of the molecule is CC(=O)Nc1cccc(C2=C(C)c3cc(C)ccc3O[C@H]2c2ccc(OCCN3CC(CF)C3)cc2)c1. The second-order valence-corrected chi connectivity index (χ2v) is 10.00. The Bertz CT molecular complexity index is 1310. The molecule has 0 bridgehead atoms. The van der Waals surface area contributed by atoms with Gasteiger partial charge in [-0.1, -0.05) is 35.9 Å². The molecule has 0 aromatic heterocycles. The molecule has 37 heavy (non-hydrogen) atoms. The van der Waals surface area contributed by atoms with Gasteiger partial charge in [-0.25, -0.2) is 0 Å². The number of fused-ring (bicyclic) bond motifs is 1. The van der Waals surface area contributed by atoms with Gasteiger partial charge in [-0.2, -0.15) is 0 Å². The molecule has 0 saturated carbocycles. The van der Waals surface area contributed by atoms with E-state index in [0.717, 1.165) is 64.7 Å². The molecule has 6 heteroatoms. The molecule has 1 amide bonds. The Morgan fingerprint density at radius 2 is 1.86 bits per heavy atom. The fourth-order valence-electron chi connectivity index (χ4n) is 5.13. The summed E-state index contributed by atoms with van der Waals surface area (Å²) in [6.07, 6.45) is -0.310. The van der Waals surface area contributed by atoms with Crippen molar-refractivity contribution >= 4 is 22.7 Å². The summed E-state index contributed by atoms with van der Waals surface area (Å²) in [6.45, 7) is 8.50. The number of aryl methyl sites for hydroxylation is 1. The van der Waals surface area contributed by atoms with Gasteiger partial charge in [-0.05, 0) is 66.9 Å². The van der Waals surface area contributed by atoms with Gasteiger partial charge in [-0.15, -0.1) is 0 Å². The zero-order valence-electron chi connectivity index (χ0n) is 21.6. The van der Waals surface area contributed by atoms with Crippen LogP contribution in [0.1, 0.15) is 42.2 Å². The lowest BCUT2D eigenvalue weighted by Gasteiger charge is -2.37. The number of nitrogens with one attached hydrogen (secondary N) is 1. The number of hydrogen-bond acceptors (Lipinski definition) is 4. The highest BCUT2D eigenvalue weighted by molar-refractivity contribution is 5.97. The first-order chi connectivity index (χ1) is 17.9. The standard InChI is InChI=1S/C31H33FN2O3/c1-20-7-12-29-28(15-20)21(2)30(25-5-4-6-26(16-25)33-22(3)35)31(37-29)24-8-10-27(11-9-24)36-14-13-34-18-23(17-32)19-34/h4-12,15-16,23,31H,13-14,17-19H2,1-3H3,(H,33,35)/t31-/m0/s1. The maximum Gasteiger partial charge on any atom is 0.221 e. The minimum Gasteiger partial charge on any atom is -0.492 e. The number of allylic oxidation sites excluding steroid dienone is 1. The van der Waals surface area contributed by atoms with Gasteiger partial charge in [0.1, 0.15) is 24.2 Å². The van der Waals surface area contributed by atoms with Crippen LogP contribution in [0.4, 0.5) is 10.1 Å². The summed E-state index contributed by atoms with van der Waals surface area (Å²) in [6, 6.07) is 22.2. The summed E-state index contributed by atoms with van der Waals surface area (Å²) < 4.78 is 25.2. The Labute approximate surface area is 217 Å². The number of rotatable bonds is 8. The van der Waals surface area contributed by atoms with Crippen LogP contribution in [0.15, 0.2) is 66.7 Å². The van der Waals surface area contributed by atoms with Crippen LogP contribution in [0.2, 0.25) is 0 Å². The van der Waals surface area contributed by atoms with Crippen molar-refractivity contribution in [2.45, 2.75) is 26.9 Å². The second kappa shape index (κ2) is 10.8. The monoisotopic (exact) mass is 500 g/mol. The minimum atomic E-state index is -0.310. The highest BCUT2D eigenvalue weighted by Gasteiger charge is 2.30. The van der Waals surface area contributed by atoms with E-state index in [1.807, 2.05) is 48.5 Å². The van der Waals surface area contributed by atoms with Crippen molar-refractivity contribution < 1.29 is 18.7 Å². The largest absolute Gasteiger partial charge is 0.492 e. The van der Waals surface area contributed by atoms with Crippen molar-refractivity contribution in [3.63, 3.8) is 0 Å². The lowest BCUT2D eigenvalue weighted by Crippen LogP contribution is -2.49. The van der Waals surface area contributed by atoms with E-state index in [0.29, 0.717) is 6.61 Å². The molecule has 5 nitrogen and oxygen atoms in total. The van der Waals surface area contributed by atoms with Gasteiger partial charge in [-0.3, -0.25) is 14.1 Å². The highest BCUT2D eigenvalue weighted by atomic mass is 19.1. The number of carbonyl (C=O) groups is 1. The number of ether oxygens (including phenoxy) is 2. The van der Waals surface area contributed by atoms with E-state index in [9.17, 15) is 9.18 Å². The summed E-state index contributed by atoms with van der Waals surface area (Å²) >= 11 is 0. The van der Waals surface area contributed by atoms with Gasteiger partial charge in [0.2, 0.25) is 5.91 Å². The first kappa shape index (κ1) is 25.0. The van der Waals surface area contributed by atoms with Crippen molar-refractivity contribution in [2.24, 2.45) is 5.92 Å². The zero-order valence-corrected chi connectivity index (χ0v) is 21.6. The molecule has 2 heterocycles. The Morgan fingerprint density at radius 3 is 2.59 bits per heavy atom. The molecule has 1 atom stereocenters. The first-order valence-electron chi connectivity index (χ1n) is 12.8. The van der Waals surface area contributed by atoms with Crippen LogP contribution in [-0.4, -0.2) is 43.7 Å². The van der Waals surface area contributed by atoms with Crippen molar-refractivity contribution in [1.29, 1.82) is 0 Å². The second-order valence-electron chi connectivity index (χ2n) is 10.00. The first-order valence-corrected chi connectivity index (χ1v) is 12.8. The predicted molar refractivity (Wildman–Crippen MR) is 146 cm³/mol. The Kier molecular flexibility index (Phi) is 7.28. The van der Waals surface area contributed by atoms with Gasteiger partial charge >= 0.3 is 0 Å². The molecule has 3 aromatic rings. The van der Waals surface area contributed by atoms with Crippen LogP contribution < -0.4 is 14.8 Å². The number of halogens is 1. The number of anilines is 1. The molecule has 1 saturated heterocycles. The van der Waals surface area contributed by atoms with Crippen LogP contribution in [0.25, 0.3) is 11.1 Å². The molecular formula is C31H33FN2O3. The zero-order chi connectivity index (χ0) is 25.9. The topological polar surface area (TPSA) is 50.8 Å². The van der Waals surface area contributed by atoms with Gasteiger partial charge < -0.3 is 14.8 Å². The van der Waals surface area contributed by atoms with Crippen molar-refractivity contribution in [2.75, 3.05) is 38.2 Å². The van der Waals surface area contributed by atoms with E-state index in [2.05, 4.69) is 42.3 Å². The van der Waals surface area contributed by atoms with E-state index >= 15 is 0 Å². The average molecular weight is 501 g/mol. The Balaban J connectivity index is 1.40. The van der Waals surface area contributed by atoms with Gasteiger partial charge in [0.05, 0.1) is 6.67 Å². The molecule has 0 spiro atoms. The number of likely N-dealkylation sites (tertiary alicyclic amines) is 1. The maximum absolute atomic E-state index is 12.6. The number of alkyl halides is 1. The lowest BCUT2D eigenvalue weighted by molar-refractivity contribution is -0.114. The molecule has 1 fully saturated rings. The molecule has 192 valence electrons. The van der Waals surface area contributed by atoms with E-state index in [1.54, 1.807) is 0 Å². The predicted octanol–water partition coefficient (Wildman–Crippen LogP) is 6.30. The smallest absolute Gasteiger partial charge is 0.221 e. The van der Waals surface area contributed by atoms with E-state index in [1.165, 1.54) is 12.5 Å². The van der Waals surface area contributed by atoms with E-state index in [-0.39, 0.29) is 24.6 Å². The summed E-state index contributed by atoms with van der Waals surface area (Å²) in [7, 11) is 0. The molecule has 2 aliphatic rings. The molecular weight excluding hydrogens is 467 g/mol. The summed E-state index contributed by atoms with van der Waals surface area (Å²) in [5.41, 5.74) is 7.25. The molecule has 0 aliphatic carbocycles. The van der Waals surface area contributed by atoms with Crippen molar-refractivity contribution in [3.05, 3.63) is 89.0 Å². The lowest BCUT2D eigenvalue weighted by atomic mass is 9.85. The quantitative estimate of drug-likeness (QED) is 0.395. The average Bonchev–Trinajstić information content (AvgIpc) is 2.86. The number of hydrogen-bond donors (Lipinski definition) is 1. The van der Waals surface area contributed by atoms with Crippen molar-refractivity contribution in [1.82, 2.24) is 4.90 Å². The van der Waals surface area contributed by atoms with Gasteiger partial charge in [0.15, 0.2) is 0 Å². The number of amides is 1. The molecule has 1 N–H and O–H groups in total. The number of nitrogens with zero attached hydrogens (tertiary/aromatic N) is 1. The normalized spacial score (nSPS) is 17.6. The van der Waals surface area contributed by atoms with Crippen LogP contribution >= 0.6 is 0 Å².